The molecule has 0 saturated carbocycles. The summed E-state index contributed by atoms with van der Waals surface area (Å²) in [5.41, 5.74) is 0. The Morgan fingerprint density at radius 2 is 2.44 bits per heavy atom. The Morgan fingerprint density at radius 1 is 1.56 bits per heavy atom. The first-order chi connectivity index (χ1) is 7.81. The Balaban J connectivity index is 1.88. The number of aromatic nitrogens is 1. The standard InChI is InChI=1S/C11H19N3OS/c1-10-9-13(4-2-7-15)5-6-14(10)11-12-3-8-16-11/h3,8,10,15H,2,4-7,9H2,1H3/t10-/m1/s1. The first-order valence-corrected chi connectivity index (χ1v) is 6.68. The second-order valence-corrected chi connectivity index (χ2v) is 5.11. The average Bonchev–Trinajstić information content (AvgIpc) is 2.80. The van der Waals surface area contributed by atoms with Gasteiger partial charge in [0.05, 0.1) is 0 Å². The van der Waals surface area contributed by atoms with Crippen molar-refractivity contribution in [1.29, 1.82) is 0 Å². The van der Waals surface area contributed by atoms with Crippen molar-refractivity contribution >= 4 is 16.5 Å². The molecule has 1 fully saturated rings. The Morgan fingerprint density at radius 3 is 3.06 bits per heavy atom. The van der Waals surface area contributed by atoms with E-state index in [0.29, 0.717) is 12.6 Å². The van der Waals surface area contributed by atoms with Crippen molar-refractivity contribution in [3.8, 4) is 0 Å². The molecule has 1 N–H and O–H groups in total. The zero-order valence-corrected chi connectivity index (χ0v) is 10.5. The van der Waals surface area contributed by atoms with Gasteiger partial charge in [0.25, 0.3) is 0 Å². The van der Waals surface area contributed by atoms with Gasteiger partial charge in [0, 0.05) is 50.4 Å². The maximum absolute atomic E-state index is 8.82. The highest BCUT2D eigenvalue weighted by atomic mass is 32.1. The number of aliphatic hydroxyl groups is 1. The smallest absolute Gasteiger partial charge is 0.185 e. The molecule has 0 spiro atoms. The van der Waals surface area contributed by atoms with Crippen LogP contribution in [0.3, 0.4) is 0 Å². The number of rotatable bonds is 4. The molecule has 1 aliphatic rings. The number of hydrogen-bond donors (Lipinski definition) is 1. The number of nitrogens with zero attached hydrogens (tertiary/aromatic N) is 3. The van der Waals surface area contributed by atoms with Gasteiger partial charge in [-0.3, -0.25) is 4.90 Å². The van der Waals surface area contributed by atoms with Crippen LogP contribution in [-0.2, 0) is 0 Å². The molecule has 0 amide bonds. The van der Waals surface area contributed by atoms with Crippen LogP contribution in [-0.4, -0.2) is 53.8 Å². The van der Waals surface area contributed by atoms with Gasteiger partial charge in [0.1, 0.15) is 0 Å². The van der Waals surface area contributed by atoms with E-state index in [9.17, 15) is 0 Å². The van der Waals surface area contributed by atoms with Gasteiger partial charge >= 0.3 is 0 Å². The molecule has 0 radical (unpaired) electrons. The number of hydrogen-bond acceptors (Lipinski definition) is 5. The van der Waals surface area contributed by atoms with Gasteiger partial charge in [0.2, 0.25) is 0 Å². The third-order valence-corrected chi connectivity index (χ3v) is 3.82. The van der Waals surface area contributed by atoms with Crippen LogP contribution in [0.25, 0.3) is 0 Å². The van der Waals surface area contributed by atoms with E-state index in [0.717, 1.165) is 37.7 Å². The molecule has 1 aromatic heterocycles. The Kier molecular flexibility index (Phi) is 4.15. The molecule has 1 saturated heterocycles. The molecule has 2 rings (SSSR count). The second kappa shape index (κ2) is 5.61. The Hall–Kier alpha value is -0.650. The fraction of sp³-hybridized carbons (Fsp3) is 0.727. The van der Waals surface area contributed by atoms with E-state index in [1.54, 1.807) is 11.3 Å². The van der Waals surface area contributed by atoms with E-state index in [2.05, 4.69) is 21.7 Å². The molecule has 0 aromatic carbocycles. The summed E-state index contributed by atoms with van der Waals surface area (Å²) in [5, 5.41) is 12.0. The van der Waals surface area contributed by atoms with Gasteiger partial charge in [0.15, 0.2) is 5.13 Å². The largest absolute Gasteiger partial charge is 0.396 e. The molecule has 1 aromatic rings. The number of aliphatic hydroxyl groups excluding tert-OH is 1. The average molecular weight is 241 g/mol. The molecular weight excluding hydrogens is 222 g/mol. The van der Waals surface area contributed by atoms with Crippen molar-refractivity contribution < 1.29 is 5.11 Å². The summed E-state index contributed by atoms with van der Waals surface area (Å²) in [6.45, 7) is 6.73. The maximum Gasteiger partial charge on any atom is 0.185 e. The maximum atomic E-state index is 8.82. The fourth-order valence-electron chi connectivity index (χ4n) is 2.17. The van der Waals surface area contributed by atoms with Gasteiger partial charge in [-0.15, -0.1) is 11.3 Å². The molecule has 0 bridgehead atoms. The lowest BCUT2D eigenvalue weighted by molar-refractivity contribution is 0.199. The van der Waals surface area contributed by atoms with E-state index < -0.39 is 0 Å². The molecule has 4 nitrogen and oxygen atoms in total. The Bertz CT molecular complexity index is 304. The Labute approximate surface area is 101 Å². The number of piperazine rings is 1. The van der Waals surface area contributed by atoms with E-state index in [1.807, 2.05) is 11.6 Å². The van der Waals surface area contributed by atoms with Crippen LogP contribution >= 0.6 is 11.3 Å². The van der Waals surface area contributed by atoms with Crippen LogP contribution in [0, 0.1) is 0 Å². The highest BCUT2D eigenvalue weighted by Crippen LogP contribution is 2.22. The number of thiazole rings is 1. The molecule has 5 heteroatoms. The molecular formula is C11H19N3OS. The van der Waals surface area contributed by atoms with Gasteiger partial charge < -0.3 is 10.0 Å². The van der Waals surface area contributed by atoms with Crippen molar-refractivity contribution in [3.05, 3.63) is 11.6 Å². The van der Waals surface area contributed by atoms with E-state index in [-0.39, 0.29) is 0 Å². The van der Waals surface area contributed by atoms with Gasteiger partial charge in [-0.1, -0.05) is 0 Å². The molecule has 0 unspecified atom stereocenters. The van der Waals surface area contributed by atoms with E-state index >= 15 is 0 Å². The fourth-order valence-corrected chi connectivity index (χ4v) is 2.94. The minimum Gasteiger partial charge on any atom is -0.396 e. The summed E-state index contributed by atoms with van der Waals surface area (Å²) in [5.74, 6) is 0. The summed E-state index contributed by atoms with van der Waals surface area (Å²) in [4.78, 5) is 9.16. The quantitative estimate of drug-likeness (QED) is 0.855. The molecule has 0 aliphatic carbocycles. The third-order valence-electron chi connectivity index (χ3n) is 3.01. The lowest BCUT2D eigenvalue weighted by Crippen LogP contribution is -2.52. The van der Waals surface area contributed by atoms with Crippen LogP contribution in [0.1, 0.15) is 13.3 Å². The van der Waals surface area contributed by atoms with Crippen LogP contribution < -0.4 is 4.90 Å². The van der Waals surface area contributed by atoms with Crippen molar-refractivity contribution in [3.63, 3.8) is 0 Å². The number of anilines is 1. The first-order valence-electron chi connectivity index (χ1n) is 5.80. The van der Waals surface area contributed by atoms with Crippen molar-refractivity contribution in [1.82, 2.24) is 9.88 Å². The lowest BCUT2D eigenvalue weighted by Gasteiger charge is -2.39. The molecule has 1 atom stereocenters. The normalized spacial score (nSPS) is 22.6. The summed E-state index contributed by atoms with van der Waals surface area (Å²) in [7, 11) is 0. The SMILES string of the molecule is C[C@@H]1CN(CCCO)CCN1c1nccs1. The van der Waals surface area contributed by atoms with Crippen LogP contribution in [0.5, 0.6) is 0 Å². The van der Waals surface area contributed by atoms with Crippen molar-refractivity contribution in [2.24, 2.45) is 0 Å². The van der Waals surface area contributed by atoms with Crippen LogP contribution in [0.15, 0.2) is 11.6 Å². The third kappa shape index (κ3) is 2.72. The lowest BCUT2D eigenvalue weighted by atomic mass is 10.2. The molecule has 2 heterocycles. The van der Waals surface area contributed by atoms with Crippen molar-refractivity contribution in [2.75, 3.05) is 37.7 Å². The van der Waals surface area contributed by atoms with Gasteiger partial charge in [-0.25, -0.2) is 4.98 Å². The van der Waals surface area contributed by atoms with E-state index in [1.165, 1.54) is 0 Å². The minimum absolute atomic E-state index is 0.293. The van der Waals surface area contributed by atoms with Crippen molar-refractivity contribution in [2.45, 2.75) is 19.4 Å². The summed E-state index contributed by atoms with van der Waals surface area (Å²) >= 11 is 1.71. The second-order valence-electron chi connectivity index (χ2n) is 4.23. The van der Waals surface area contributed by atoms with Gasteiger partial charge in [-0.2, -0.15) is 0 Å². The zero-order chi connectivity index (χ0) is 11.4. The van der Waals surface area contributed by atoms with Gasteiger partial charge in [-0.05, 0) is 13.3 Å². The van der Waals surface area contributed by atoms with Crippen LogP contribution in [0.2, 0.25) is 0 Å². The van der Waals surface area contributed by atoms with E-state index in [4.69, 9.17) is 5.11 Å². The zero-order valence-electron chi connectivity index (χ0n) is 9.67. The molecule has 90 valence electrons. The highest BCUT2D eigenvalue weighted by Gasteiger charge is 2.24. The predicted octanol–water partition coefficient (Wildman–Crippen LogP) is 1.04. The molecule has 1 aliphatic heterocycles. The topological polar surface area (TPSA) is 39.6 Å². The monoisotopic (exact) mass is 241 g/mol. The summed E-state index contributed by atoms with van der Waals surface area (Å²) < 4.78 is 0. The summed E-state index contributed by atoms with van der Waals surface area (Å²) in [6.07, 6.45) is 2.74. The summed E-state index contributed by atoms with van der Waals surface area (Å²) in [6, 6.07) is 0.513. The first kappa shape index (κ1) is 11.8. The highest BCUT2D eigenvalue weighted by molar-refractivity contribution is 7.13. The van der Waals surface area contributed by atoms with Crippen LogP contribution in [0.4, 0.5) is 5.13 Å². The molecule has 16 heavy (non-hydrogen) atoms. The minimum atomic E-state index is 0.293. The predicted molar refractivity (Wildman–Crippen MR) is 67.1 cm³/mol.